The fraction of sp³-hybridized carbons (Fsp3) is 0.276. The molecule has 0 radical (unpaired) electrons. The number of anilines is 1. The number of amides is 1. The Morgan fingerprint density at radius 1 is 0.771 bits per heavy atom. The van der Waals surface area contributed by atoms with E-state index in [1.165, 1.54) is 17.0 Å². The highest BCUT2D eigenvalue weighted by molar-refractivity contribution is 7.95. The lowest BCUT2D eigenvalue weighted by atomic mass is 9.98. The monoisotopic (exact) mass is 489 g/mol. The molecule has 0 fully saturated rings. The van der Waals surface area contributed by atoms with Crippen LogP contribution in [0.25, 0.3) is 0 Å². The Kier molecular flexibility index (Phi) is 6.60. The summed E-state index contributed by atoms with van der Waals surface area (Å²) in [6, 6.07) is 20.5. The van der Waals surface area contributed by atoms with Gasteiger partial charge in [-0.2, -0.15) is 0 Å². The van der Waals surface area contributed by atoms with Crippen LogP contribution in [0.5, 0.6) is 0 Å². The lowest BCUT2D eigenvalue weighted by Gasteiger charge is -2.27. The van der Waals surface area contributed by atoms with Gasteiger partial charge in [-0.25, -0.2) is 8.42 Å². The smallest absolute Gasteiger partial charge is 0.295 e. The number of carbonyl (C=O) groups excluding carboxylic acids is 1. The number of aliphatic hydroxyl groups excluding tert-OH is 1. The standard InChI is InChI=1S/C29H31NO4S/c1-18(2)21-8-10-23(11-9-21)26-28(35(33,34)25-16-6-20(5)7-17-25)27(31)29(32)30(26)24-14-12-22(13-15-24)19(3)4/h6-19,26,31H,1-5H3/t26-/m1/s1. The molecule has 0 bridgehead atoms. The van der Waals surface area contributed by atoms with Crippen molar-refractivity contribution in [2.75, 3.05) is 4.90 Å². The summed E-state index contributed by atoms with van der Waals surface area (Å²) >= 11 is 0. The van der Waals surface area contributed by atoms with Gasteiger partial charge in [0.1, 0.15) is 10.9 Å². The minimum absolute atomic E-state index is 0.0401. The number of aliphatic hydroxyl groups is 1. The maximum absolute atomic E-state index is 13.8. The van der Waals surface area contributed by atoms with Gasteiger partial charge < -0.3 is 5.11 Å². The second-order valence-electron chi connectivity index (χ2n) is 9.67. The minimum Gasteiger partial charge on any atom is -0.502 e. The fourth-order valence-corrected chi connectivity index (χ4v) is 5.98. The molecule has 4 rings (SSSR count). The van der Waals surface area contributed by atoms with Gasteiger partial charge in [-0.15, -0.1) is 0 Å². The van der Waals surface area contributed by atoms with Gasteiger partial charge in [0, 0.05) is 5.69 Å². The SMILES string of the molecule is Cc1ccc(S(=O)(=O)C2=C(O)C(=O)N(c3ccc(C(C)C)cc3)[C@@H]2c2ccc(C(C)C)cc2)cc1. The van der Waals surface area contributed by atoms with Gasteiger partial charge in [-0.3, -0.25) is 9.69 Å². The molecule has 182 valence electrons. The van der Waals surface area contributed by atoms with E-state index in [1.807, 2.05) is 43.3 Å². The maximum Gasteiger partial charge on any atom is 0.295 e. The highest BCUT2D eigenvalue weighted by Crippen LogP contribution is 2.45. The minimum atomic E-state index is -4.16. The third kappa shape index (κ3) is 4.50. The largest absolute Gasteiger partial charge is 0.502 e. The first-order chi connectivity index (χ1) is 16.5. The Balaban J connectivity index is 1.89. The molecule has 1 aliphatic rings. The van der Waals surface area contributed by atoms with E-state index >= 15 is 0 Å². The van der Waals surface area contributed by atoms with Gasteiger partial charge in [-0.05, 0) is 59.7 Å². The number of hydrogen-bond donors (Lipinski definition) is 1. The summed E-state index contributed by atoms with van der Waals surface area (Å²) in [6.45, 7) is 10.2. The first kappa shape index (κ1) is 24.7. The van der Waals surface area contributed by atoms with Crippen molar-refractivity contribution in [3.63, 3.8) is 0 Å². The Morgan fingerprint density at radius 3 is 1.74 bits per heavy atom. The number of benzene rings is 3. The van der Waals surface area contributed by atoms with Gasteiger partial charge in [0.2, 0.25) is 9.84 Å². The van der Waals surface area contributed by atoms with Crippen LogP contribution in [0.15, 0.2) is 88.4 Å². The number of sulfone groups is 1. The van der Waals surface area contributed by atoms with Gasteiger partial charge in [0.15, 0.2) is 5.76 Å². The highest BCUT2D eigenvalue weighted by atomic mass is 32.2. The second-order valence-corrected chi connectivity index (χ2v) is 11.6. The van der Waals surface area contributed by atoms with Crippen LogP contribution in [0.4, 0.5) is 5.69 Å². The fourth-order valence-electron chi connectivity index (χ4n) is 4.35. The van der Waals surface area contributed by atoms with Crippen molar-refractivity contribution in [2.24, 2.45) is 0 Å². The van der Waals surface area contributed by atoms with Crippen LogP contribution in [-0.4, -0.2) is 19.4 Å². The molecular formula is C29H31NO4S. The van der Waals surface area contributed by atoms with Crippen molar-refractivity contribution < 1.29 is 18.3 Å². The van der Waals surface area contributed by atoms with Crippen molar-refractivity contribution in [1.29, 1.82) is 0 Å². The van der Waals surface area contributed by atoms with Crippen LogP contribution >= 0.6 is 0 Å². The van der Waals surface area contributed by atoms with Crippen molar-refractivity contribution in [3.8, 4) is 0 Å². The third-order valence-corrected chi connectivity index (χ3v) is 8.43. The van der Waals surface area contributed by atoms with Crippen molar-refractivity contribution in [2.45, 2.75) is 57.4 Å². The molecule has 1 amide bonds. The van der Waals surface area contributed by atoms with E-state index in [0.717, 1.165) is 16.7 Å². The zero-order valence-corrected chi connectivity index (χ0v) is 21.5. The normalized spacial score (nSPS) is 16.6. The van der Waals surface area contributed by atoms with E-state index in [9.17, 15) is 18.3 Å². The second kappa shape index (κ2) is 9.34. The number of rotatable bonds is 6. The average molecular weight is 490 g/mol. The number of hydrogen-bond acceptors (Lipinski definition) is 4. The number of carbonyl (C=O) groups is 1. The molecule has 3 aromatic rings. The summed E-state index contributed by atoms with van der Waals surface area (Å²) in [4.78, 5) is 14.5. The summed E-state index contributed by atoms with van der Waals surface area (Å²) in [5.74, 6) is -0.863. The Hall–Kier alpha value is -3.38. The van der Waals surface area contributed by atoms with Gasteiger partial charge in [-0.1, -0.05) is 81.8 Å². The highest BCUT2D eigenvalue weighted by Gasteiger charge is 2.47. The molecule has 0 saturated carbocycles. The summed E-state index contributed by atoms with van der Waals surface area (Å²) in [5.41, 5.74) is 4.26. The first-order valence-corrected chi connectivity index (χ1v) is 13.3. The molecule has 35 heavy (non-hydrogen) atoms. The van der Waals surface area contributed by atoms with E-state index < -0.39 is 27.5 Å². The predicted molar refractivity (Wildman–Crippen MR) is 139 cm³/mol. The van der Waals surface area contributed by atoms with Gasteiger partial charge >= 0.3 is 0 Å². The van der Waals surface area contributed by atoms with E-state index in [0.29, 0.717) is 23.1 Å². The molecule has 0 aromatic heterocycles. The summed E-state index contributed by atoms with van der Waals surface area (Å²) < 4.78 is 27.6. The van der Waals surface area contributed by atoms with Crippen LogP contribution in [-0.2, 0) is 14.6 Å². The van der Waals surface area contributed by atoms with Crippen molar-refractivity contribution >= 4 is 21.4 Å². The average Bonchev–Trinajstić information content (AvgIpc) is 3.10. The summed E-state index contributed by atoms with van der Waals surface area (Å²) in [5, 5.41) is 11.0. The van der Waals surface area contributed by atoms with E-state index in [4.69, 9.17) is 0 Å². The van der Waals surface area contributed by atoms with Crippen molar-refractivity contribution in [1.82, 2.24) is 0 Å². The van der Waals surface area contributed by atoms with Crippen molar-refractivity contribution in [3.05, 3.63) is 106 Å². The number of aryl methyl sites for hydroxylation is 1. The lowest BCUT2D eigenvalue weighted by molar-refractivity contribution is -0.117. The van der Waals surface area contributed by atoms with Gasteiger partial charge in [0.25, 0.3) is 5.91 Å². The first-order valence-electron chi connectivity index (χ1n) is 11.8. The van der Waals surface area contributed by atoms with E-state index in [2.05, 4.69) is 27.7 Å². The Morgan fingerprint density at radius 2 is 1.26 bits per heavy atom. The molecule has 1 heterocycles. The Bertz CT molecular complexity index is 1370. The molecule has 0 unspecified atom stereocenters. The quantitative estimate of drug-likeness (QED) is 0.425. The summed E-state index contributed by atoms with van der Waals surface area (Å²) in [7, 11) is -4.16. The molecular weight excluding hydrogens is 458 g/mol. The topological polar surface area (TPSA) is 74.7 Å². The van der Waals surface area contributed by atoms with E-state index in [-0.39, 0.29) is 9.80 Å². The third-order valence-electron chi connectivity index (χ3n) is 6.54. The van der Waals surface area contributed by atoms with Gasteiger partial charge in [0.05, 0.1) is 4.90 Å². The molecule has 0 aliphatic carbocycles. The molecule has 5 nitrogen and oxygen atoms in total. The van der Waals surface area contributed by atoms with E-state index in [1.54, 1.807) is 24.3 Å². The van der Waals surface area contributed by atoms with Crippen LogP contribution in [0, 0.1) is 6.92 Å². The molecule has 1 N–H and O–H groups in total. The molecule has 3 aromatic carbocycles. The zero-order chi connectivity index (χ0) is 25.5. The lowest BCUT2D eigenvalue weighted by Crippen LogP contribution is -2.31. The van der Waals surface area contributed by atoms with Crippen LogP contribution in [0.3, 0.4) is 0 Å². The van der Waals surface area contributed by atoms with Crippen LogP contribution < -0.4 is 4.90 Å². The molecule has 0 saturated heterocycles. The predicted octanol–water partition coefficient (Wildman–Crippen LogP) is 6.57. The van der Waals surface area contributed by atoms with Crippen LogP contribution in [0.1, 0.15) is 67.8 Å². The molecule has 1 atom stereocenters. The zero-order valence-electron chi connectivity index (χ0n) is 20.7. The Labute approximate surface area is 207 Å². The van der Waals surface area contributed by atoms with Crippen LogP contribution in [0.2, 0.25) is 0 Å². The number of nitrogens with zero attached hydrogens (tertiary/aromatic N) is 1. The molecule has 1 aliphatic heterocycles. The molecule has 0 spiro atoms. The molecule has 6 heteroatoms. The maximum atomic E-state index is 13.8. The summed E-state index contributed by atoms with van der Waals surface area (Å²) in [6.07, 6.45) is 0.